The fraction of sp³-hybridized carbons (Fsp3) is 0.174. The van der Waals surface area contributed by atoms with E-state index in [9.17, 15) is 13.2 Å². The zero-order valence-electron chi connectivity index (χ0n) is 16.9. The third-order valence-electron chi connectivity index (χ3n) is 5.20. The first-order valence-corrected chi connectivity index (χ1v) is 12.3. The molecule has 1 aromatic heterocycles. The van der Waals surface area contributed by atoms with Gasteiger partial charge >= 0.3 is 4.87 Å². The van der Waals surface area contributed by atoms with Crippen LogP contribution >= 0.6 is 11.3 Å². The van der Waals surface area contributed by atoms with E-state index in [1.165, 1.54) is 6.07 Å². The predicted molar refractivity (Wildman–Crippen MR) is 123 cm³/mol. The summed E-state index contributed by atoms with van der Waals surface area (Å²) in [5.74, 6) is 1.24. The summed E-state index contributed by atoms with van der Waals surface area (Å²) in [4.78, 5) is 12.5. The molecule has 3 aromatic carbocycles. The van der Waals surface area contributed by atoms with Gasteiger partial charge in [-0.3, -0.25) is 9.36 Å². The van der Waals surface area contributed by atoms with Crippen LogP contribution in [0.5, 0.6) is 11.5 Å². The molecule has 164 valence electrons. The standard InChI is InChI=1S/C23H20N2O5S2/c26-23-25(14-16-6-2-1-3-7-16)19-11-10-18(12-22(19)31-23)32(27,28)24-13-17-15-29-20-8-4-5-9-21(20)30-17/h1-12,17,24H,13-15H2. The number of hydrogen-bond acceptors (Lipinski definition) is 6. The molecule has 0 bridgehead atoms. The topological polar surface area (TPSA) is 86.6 Å². The molecule has 0 aliphatic carbocycles. The Labute approximate surface area is 188 Å². The van der Waals surface area contributed by atoms with Crippen LogP contribution in [0.4, 0.5) is 0 Å². The highest BCUT2D eigenvalue weighted by molar-refractivity contribution is 7.89. The number of sulfonamides is 1. The second kappa shape index (κ2) is 8.42. The van der Waals surface area contributed by atoms with Crippen LogP contribution in [0.1, 0.15) is 5.56 Å². The van der Waals surface area contributed by atoms with Crippen LogP contribution in [0.2, 0.25) is 0 Å². The van der Waals surface area contributed by atoms with Crippen LogP contribution in [-0.2, 0) is 16.6 Å². The van der Waals surface area contributed by atoms with E-state index in [0.717, 1.165) is 16.9 Å². The van der Waals surface area contributed by atoms with Gasteiger partial charge in [-0.1, -0.05) is 53.8 Å². The summed E-state index contributed by atoms with van der Waals surface area (Å²) in [6, 6.07) is 21.7. The fourth-order valence-electron chi connectivity index (χ4n) is 3.58. The third kappa shape index (κ3) is 4.14. The molecule has 0 amide bonds. The van der Waals surface area contributed by atoms with E-state index in [-0.39, 0.29) is 22.9 Å². The van der Waals surface area contributed by atoms with Gasteiger partial charge in [0, 0.05) is 0 Å². The minimum absolute atomic E-state index is 0.0694. The summed E-state index contributed by atoms with van der Waals surface area (Å²) in [5, 5.41) is 0. The van der Waals surface area contributed by atoms with Crippen molar-refractivity contribution in [3.8, 4) is 11.5 Å². The first-order chi connectivity index (χ1) is 15.5. The predicted octanol–water partition coefficient (Wildman–Crippen LogP) is 3.23. The van der Waals surface area contributed by atoms with Crippen molar-refractivity contribution in [2.24, 2.45) is 0 Å². The Bertz CT molecular complexity index is 1430. The number of benzene rings is 3. The second-order valence-corrected chi connectivity index (χ2v) is 10.2. The van der Waals surface area contributed by atoms with Gasteiger partial charge in [0.25, 0.3) is 0 Å². The Balaban J connectivity index is 1.33. The van der Waals surface area contributed by atoms with Crippen molar-refractivity contribution in [1.29, 1.82) is 0 Å². The Hall–Kier alpha value is -3.14. The van der Waals surface area contributed by atoms with Crippen molar-refractivity contribution in [3.63, 3.8) is 0 Å². The maximum absolute atomic E-state index is 12.9. The lowest BCUT2D eigenvalue weighted by atomic mass is 10.2. The first kappa shape index (κ1) is 20.7. The molecule has 32 heavy (non-hydrogen) atoms. The van der Waals surface area contributed by atoms with Crippen LogP contribution < -0.4 is 19.1 Å². The summed E-state index contributed by atoms with van der Waals surface area (Å²) in [7, 11) is -3.78. The molecule has 5 rings (SSSR count). The van der Waals surface area contributed by atoms with Gasteiger partial charge in [0.2, 0.25) is 10.0 Å². The van der Waals surface area contributed by atoms with Gasteiger partial charge in [-0.15, -0.1) is 0 Å². The molecule has 1 N–H and O–H groups in total. The van der Waals surface area contributed by atoms with Gasteiger partial charge in [0.05, 0.1) is 28.2 Å². The van der Waals surface area contributed by atoms with Crippen molar-refractivity contribution in [2.45, 2.75) is 17.5 Å². The number of nitrogens with zero attached hydrogens (tertiary/aromatic N) is 1. The van der Waals surface area contributed by atoms with E-state index in [4.69, 9.17) is 9.47 Å². The molecule has 2 heterocycles. The Morgan fingerprint density at radius 1 is 1.00 bits per heavy atom. The SMILES string of the molecule is O=c1sc2cc(S(=O)(=O)NCC3COc4ccccc4O3)ccc2n1Cc1ccccc1. The van der Waals surface area contributed by atoms with E-state index in [0.29, 0.717) is 28.3 Å². The molecule has 0 saturated carbocycles. The largest absolute Gasteiger partial charge is 0.486 e. The summed E-state index contributed by atoms with van der Waals surface area (Å²) in [5.41, 5.74) is 1.72. The van der Waals surface area contributed by atoms with Crippen LogP contribution in [-0.4, -0.2) is 32.2 Å². The highest BCUT2D eigenvalue weighted by atomic mass is 32.2. The Kier molecular flexibility index (Phi) is 5.46. The van der Waals surface area contributed by atoms with E-state index < -0.39 is 16.1 Å². The number of ether oxygens (including phenoxy) is 2. The molecule has 7 nitrogen and oxygen atoms in total. The fourth-order valence-corrected chi connectivity index (χ4v) is 5.68. The smallest absolute Gasteiger partial charge is 0.308 e. The lowest BCUT2D eigenvalue weighted by molar-refractivity contribution is 0.0943. The molecular weight excluding hydrogens is 448 g/mol. The zero-order chi connectivity index (χ0) is 22.1. The number of hydrogen-bond donors (Lipinski definition) is 1. The lowest BCUT2D eigenvalue weighted by Crippen LogP contribution is -2.40. The number of fused-ring (bicyclic) bond motifs is 2. The highest BCUT2D eigenvalue weighted by Gasteiger charge is 2.24. The minimum Gasteiger partial charge on any atom is -0.486 e. The number of para-hydroxylation sites is 2. The van der Waals surface area contributed by atoms with Gasteiger partial charge in [0.1, 0.15) is 12.7 Å². The van der Waals surface area contributed by atoms with Crippen molar-refractivity contribution in [1.82, 2.24) is 9.29 Å². The first-order valence-electron chi connectivity index (χ1n) is 10.0. The van der Waals surface area contributed by atoms with E-state index in [1.807, 2.05) is 42.5 Å². The normalized spacial score (nSPS) is 15.7. The lowest BCUT2D eigenvalue weighted by Gasteiger charge is -2.26. The van der Waals surface area contributed by atoms with Crippen molar-refractivity contribution < 1.29 is 17.9 Å². The molecule has 0 saturated heterocycles. The van der Waals surface area contributed by atoms with Gasteiger partial charge in [-0.2, -0.15) is 0 Å². The molecule has 9 heteroatoms. The molecule has 1 atom stereocenters. The maximum atomic E-state index is 12.9. The number of nitrogens with one attached hydrogen (secondary N) is 1. The van der Waals surface area contributed by atoms with Gasteiger partial charge < -0.3 is 9.47 Å². The maximum Gasteiger partial charge on any atom is 0.308 e. The molecule has 0 fully saturated rings. The summed E-state index contributed by atoms with van der Waals surface area (Å²) in [6.45, 7) is 0.757. The zero-order valence-corrected chi connectivity index (χ0v) is 18.6. The van der Waals surface area contributed by atoms with E-state index >= 15 is 0 Å². The Morgan fingerprint density at radius 3 is 2.56 bits per heavy atom. The number of thiazole rings is 1. The molecule has 0 radical (unpaired) electrons. The molecule has 1 unspecified atom stereocenters. The van der Waals surface area contributed by atoms with Crippen molar-refractivity contribution in [2.75, 3.05) is 13.2 Å². The Morgan fingerprint density at radius 2 is 1.75 bits per heavy atom. The van der Waals surface area contributed by atoms with E-state index in [1.54, 1.807) is 28.8 Å². The summed E-state index contributed by atoms with van der Waals surface area (Å²) >= 11 is 1.04. The highest BCUT2D eigenvalue weighted by Crippen LogP contribution is 2.31. The van der Waals surface area contributed by atoms with E-state index in [2.05, 4.69) is 4.72 Å². The molecular formula is C23H20N2O5S2. The van der Waals surface area contributed by atoms with Crippen LogP contribution in [0.3, 0.4) is 0 Å². The second-order valence-electron chi connectivity index (χ2n) is 7.42. The average Bonchev–Trinajstić information content (AvgIpc) is 3.12. The number of rotatable bonds is 6. The van der Waals surface area contributed by atoms with Crippen molar-refractivity contribution >= 4 is 31.6 Å². The molecule has 4 aromatic rings. The molecule has 1 aliphatic rings. The minimum atomic E-state index is -3.78. The molecule has 1 aliphatic heterocycles. The quantitative estimate of drug-likeness (QED) is 0.470. The van der Waals surface area contributed by atoms with Crippen molar-refractivity contribution in [3.05, 3.63) is 88.0 Å². The van der Waals surface area contributed by atoms with Crippen LogP contribution in [0.15, 0.2) is 82.5 Å². The third-order valence-corrected chi connectivity index (χ3v) is 7.57. The van der Waals surface area contributed by atoms with Crippen LogP contribution in [0.25, 0.3) is 10.2 Å². The number of aromatic nitrogens is 1. The van der Waals surface area contributed by atoms with Gasteiger partial charge in [-0.25, -0.2) is 13.1 Å². The summed E-state index contributed by atoms with van der Waals surface area (Å²) < 4.78 is 42.0. The van der Waals surface area contributed by atoms with Crippen LogP contribution in [0, 0.1) is 0 Å². The van der Waals surface area contributed by atoms with Gasteiger partial charge in [-0.05, 0) is 35.9 Å². The molecule has 0 spiro atoms. The van der Waals surface area contributed by atoms with Gasteiger partial charge in [0.15, 0.2) is 11.5 Å². The average molecular weight is 469 g/mol. The summed E-state index contributed by atoms with van der Waals surface area (Å²) in [6.07, 6.45) is -0.439. The monoisotopic (exact) mass is 468 g/mol.